The van der Waals surface area contributed by atoms with Crippen LogP contribution in [0.4, 0.5) is 5.69 Å². The zero-order valence-corrected chi connectivity index (χ0v) is 16.0. The Morgan fingerprint density at radius 1 is 0.917 bits per heavy atom. The number of hydrogen-bond acceptors (Lipinski definition) is 1. The lowest BCUT2D eigenvalue weighted by Crippen LogP contribution is -3.00. The molecule has 2 aromatic rings. The third-order valence-electron chi connectivity index (χ3n) is 4.86. The topological polar surface area (TPSA) is 12.0 Å². The Hall–Kier alpha value is -1.51. The van der Waals surface area contributed by atoms with Gasteiger partial charge in [-0.2, -0.15) is 0 Å². The molecule has 0 aromatic heterocycles. The minimum atomic E-state index is 0. The molecule has 0 bridgehead atoms. The van der Waals surface area contributed by atoms with Crippen LogP contribution in [0.15, 0.2) is 54.6 Å². The molecule has 0 saturated heterocycles. The third kappa shape index (κ3) is 6.18. The third-order valence-corrected chi connectivity index (χ3v) is 4.86. The Balaban J connectivity index is 0.00000288. The molecule has 2 aromatic carbocycles. The Bertz CT molecular complexity index is 579. The van der Waals surface area contributed by atoms with Crippen molar-refractivity contribution >= 4 is 5.69 Å². The maximum atomic E-state index is 3.56. The highest BCUT2D eigenvalue weighted by atomic mass is 35.5. The highest BCUT2D eigenvalue weighted by molar-refractivity contribution is 5.45. The number of nitrogens with zero attached hydrogens (tertiary/aromatic N) is 1. The van der Waals surface area contributed by atoms with Gasteiger partial charge in [-0.25, -0.2) is 0 Å². The van der Waals surface area contributed by atoms with Crippen LogP contribution in [0.25, 0.3) is 0 Å². The number of halogens is 1. The van der Waals surface area contributed by atoms with E-state index in [0.29, 0.717) is 0 Å². The highest BCUT2D eigenvalue weighted by Gasteiger charge is 2.22. The summed E-state index contributed by atoms with van der Waals surface area (Å²) in [6.45, 7) is 12.6. The van der Waals surface area contributed by atoms with Crippen molar-refractivity contribution in [2.75, 3.05) is 31.5 Å². The second-order valence-electron chi connectivity index (χ2n) is 6.49. The summed E-state index contributed by atoms with van der Waals surface area (Å²) in [4.78, 5) is 0. The lowest BCUT2D eigenvalue weighted by Gasteiger charge is -2.37. The quantitative estimate of drug-likeness (QED) is 0.540. The minimum absolute atomic E-state index is 0. The Morgan fingerprint density at radius 2 is 1.62 bits per heavy atom. The molecule has 0 spiro atoms. The predicted octanol–water partition coefficient (Wildman–Crippen LogP) is 1.86. The van der Waals surface area contributed by atoms with Crippen molar-refractivity contribution in [1.82, 2.24) is 0 Å². The van der Waals surface area contributed by atoms with Gasteiger partial charge in [-0.1, -0.05) is 42.5 Å². The molecule has 0 heterocycles. The highest BCUT2D eigenvalue weighted by Crippen LogP contribution is 2.16. The van der Waals surface area contributed by atoms with E-state index in [1.807, 2.05) is 0 Å². The lowest BCUT2D eigenvalue weighted by atomic mass is 10.1. The van der Waals surface area contributed by atoms with Gasteiger partial charge in [0.05, 0.1) is 19.6 Å². The Labute approximate surface area is 153 Å². The van der Waals surface area contributed by atoms with E-state index >= 15 is 0 Å². The summed E-state index contributed by atoms with van der Waals surface area (Å²) in [6, 6.07) is 19.5. The summed E-state index contributed by atoms with van der Waals surface area (Å²) in [5.41, 5.74) is 3.99. The second-order valence-corrected chi connectivity index (χ2v) is 6.49. The zero-order chi connectivity index (χ0) is 16.5. The molecule has 0 saturated carbocycles. The van der Waals surface area contributed by atoms with Gasteiger partial charge in [-0.15, -0.1) is 0 Å². The molecule has 0 amide bonds. The summed E-state index contributed by atoms with van der Waals surface area (Å²) in [6.07, 6.45) is 1.20. The van der Waals surface area contributed by atoms with Gasteiger partial charge < -0.3 is 22.2 Å². The average molecular weight is 347 g/mol. The first kappa shape index (κ1) is 20.5. The molecule has 3 heteroatoms. The van der Waals surface area contributed by atoms with Crippen LogP contribution in [-0.4, -0.2) is 30.7 Å². The van der Waals surface area contributed by atoms with Crippen molar-refractivity contribution in [2.45, 2.75) is 33.7 Å². The Kier molecular flexibility index (Phi) is 8.88. The summed E-state index contributed by atoms with van der Waals surface area (Å²) in [5, 5.41) is 3.56. The van der Waals surface area contributed by atoms with Gasteiger partial charge in [0.2, 0.25) is 0 Å². The molecule has 0 radical (unpaired) electrons. The molecule has 0 fully saturated rings. The van der Waals surface area contributed by atoms with E-state index in [0.717, 1.165) is 13.1 Å². The van der Waals surface area contributed by atoms with Crippen LogP contribution in [0.5, 0.6) is 0 Å². The molecule has 0 aliphatic heterocycles. The summed E-state index contributed by atoms with van der Waals surface area (Å²) in [7, 11) is 0. The van der Waals surface area contributed by atoms with Crippen molar-refractivity contribution in [3.63, 3.8) is 0 Å². The zero-order valence-electron chi connectivity index (χ0n) is 15.3. The SMILES string of the molecule is CC[N+](CC)(CCCNc1cccc(C)c1)Cc1ccccc1.[Cl-]. The molecule has 132 valence electrons. The van der Waals surface area contributed by atoms with E-state index in [1.165, 1.54) is 47.4 Å². The molecule has 24 heavy (non-hydrogen) atoms. The molecule has 0 aliphatic carbocycles. The first-order valence-corrected chi connectivity index (χ1v) is 8.87. The van der Waals surface area contributed by atoms with Crippen LogP contribution in [0.2, 0.25) is 0 Å². The van der Waals surface area contributed by atoms with Crippen molar-refractivity contribution in [3.05, 3.63) is 65.7 Å². The number of quaternary nitrogens is 1. The van der Waals surface area contributed by atoms with Crippen LogP contribution >= 0.6 is 0 Å². The molecular formula is C21H31ClN2. The number of nitrogens with one attached hydrogen (secondary N) is 1. The van der Waals surface area contributed by atoms with Gasteiger partial charge in [0.15, 0.2) is 0 Å². The van der Waals surface area contributed by atoms with Gasteiger partial charge >= 0.3 is 0 Å². The summed E-state index contributed by atoms with van der Waals surface area (Å²) in [5.74, 6) is 0. The number of rotatable bonds is 9. The number of benzene rings is 2. The summed E-state index contributed by atoms with van der Waals surface area (Å²) < 4.78 is 1.17. The first-order valence-electron chi connectivity index (χ1n) is 8.87. The van der Waals surface area contributed by atoms with Gasteiger partial charge in [0.1, 0.15) is 6.54 Å². The molecule has 0 atom stereocenters. The lowest BCUT2D eigenvalue weighted by molar-refractivity contribution is -0.937. The maximum Gasteiger partial charge on any atom is 0.104 e. The fourth-order valence-corrected chi connectivity index (χ4v) is 3.22. The van der Waals surface area contributed by atoms with Crippen molar-refractivity contribution in [3.8, 4) is 0 Å². The molecule has 2 rings (SSSR count). The van der Waals surface area contributed by atoms with E-state index in [9.17, 15) is 0 Å². The smallest absolute Gasteiger partial charge is 0.104 e. The molecule has 2 nitrogen and oxygen atoms in total. The van der Waals surface area contributed by atoms with Gasteiger partial charge in [0.25, 0.3) is 0 Å². The first-order chi connectivity index (χ1) is 11.2. The van der Waals surface area contributed by atoms with E-state index < -0.39 is 0 Å². The number of anilines is 1. The van der Waals surface area contributed by atoms with E-state index in [4.69, 9.17) is 0 Å². The van der Waals surface area contributed by atoms with E-state index in [-0.39, 0.29) is 12.4 Å². The largest absolute Gasteiger partial charge is 1.00 e. The fourth-order valence-electron chi connectivity index (χ4n) is 3.22. The van der Waals surface area contributed by atoms with Gasteiger partial charge in [-0.05, 0) is 38.5 Å². The van der Waals surface area contributed by atoms with Crippen LogP contribution in [-0.2, 0) is 6.54 Å². The normalized spacial score (nSPS) is 11.0. The predicted molar refractivity (Wildman–Crippen MR) is 101 cm³/mol. The van der Waals surface area contributed by atoms with Crippen LogP contribution < -0.4 is 17.7 Å². The Morgan fingerprint density at radius 3 is 2.25 bits per heavy atom. The average Bonchev–Trinajstić information content (AvgIpc) is 2.59. The van der Waals surface area contributed by atoms with Gasteiger partial charge in [-0.3, -0.25) is 0 Å². The monoisotopic (exact) mass is 346 g/mol. The van der Waals surface area contributed by atoms with E-state index in [2.05, 4.69) is 80.7 Å². The van der Waals surface area contributed by atoms with Crippen molar-refractivity contribution in [1.29, 1.82) is 0 Å². The molecular weight excluding hydrogens is 316 g/mol. The molecule has 0 unspecified atom stereocenters. The number of hydrogen-bond donors (Lipinski definition) is 1. The fraction of sp³-hybridized carbons (Fsp3) is 0.429. The molecule has 1 N–H and O–H groups in total. The van der Waals surface area contributed by atoms with Gasteiger partial charge in [0, 0.05) is 24.2 Å². The van der Waals surface area contributed by atoms with Crippen LogP contribution in [0.3, 0.4) is 0 Å². The maximum absolute atomic E-state index is 3.56. The van der Waals surface area contributed by atoms with Crippen molar-refractivity contribution in [2.24, 2.45) is 0 Å². The minimum Gasteiger partial charge on any atom is -1.00 e. The molecule has 0 aliphatic rings. The second kappa shape index (κ2) is 10.4. The standard InChI is InChI=1S/C21H31N2.ClH/c1-4-23(5-2,18-20-12-7-6-8-13-20)16-10-15-22-21-14-9-11-19(3)17-21;/h6-9,11-14,17,22H,4-5,10,15-16,18H2,1-3H3;1H/q+1;/p-1. The van der Waals surface area contributed by atoms with Crippen LogP contribution in [0, 0.1) is 6.92 Å². The van der Waals surface area contributed by atoms with Crippen LogP contribution in [0.1, 0.15) is 31.4 Å². The summed E-state index contributed by atoms with van der Waals surface area (Å²) >= 11 is 0. The van der Waals surface area contributed by atoms with E-state index in [1.54, 1.807) is 0 Å². The van der Waals surface area contributed by atoms with Crippen molar-refractivity contribution < 1.29 is 16.9 Å². The number of aryl methyl sites for hydroxylation is 1.